The number of aromatic nitrogens is 3. The lowest BCUT2D eigenvalue weighted by Crippen LogP contribution is -2.13. The molecule has 1 aromatic carbocycles. The van der Waals surface area contributed by atoms with Gasteiger partial charge in [-0.3, -0.25) is 9.78 Å². The molecule has 0 radical (unpaired) electrons. The third-order valence-corrected chi connectivity index (χ3v) is 3.22. The van der Waals surface area contributed by atoms with E-state index in [-0.39, 0.29) is 10.7 Å². The van der Waals surface area contributed by atoms with Crippen molar-refractivity contribution < 1.29 is 4.79 Å². The van der Waals surface area contributed by atoms with Gasteiger partial charge in [0.15, 0.2) is 5.15 Å². The van der Waals surface area contributed by atoms with Gasteiger partial charge in [-0.2, -0.15) is 0 Å². The standard InChI is InChI=1S/C14H9ClN4O/c15-13-10(14(16)20)7-12(18-19-13)9-5-6-17-11-4-2-1-3-8(9)11/h1-7H,(H2,16,20). The van der Waals surface area contributed by atoms with Gasteiger partial charge in [0.25, 0.3) is 5.91 Å². The van der Waals surface area contributed by atoms with Gasteiger partial charge in [0.05, 0.1) is 16.8 Å². The Morgan fingerprint density at radius 2 is 1.95 bits per heavy atom. The van der Waals surface area contributed by atoms with Gasteiger partial charge in [0.1, 0.15) is 0 Å². The van der Waals surface area contributed by atoms with Gasteiger partial charge < -0.3 is 5.73 Å². The average molecular weight is 285 g/mol. The van der Waals surface area contributed by atoms with Crippen molar-refractivity contribution >= 4 is 28.4 Å². The first-order valence-corrected chi connectivity index (χ1v) is 6.22. The number of para-hydroxylation sites is 1. The molecule has 0 aliphatic carbocycles. The number of amides is 1. The van der Waals surface area contributed by atoms with Crippen LogP contribution in [0.15, 0.2) is 42.6 Å². The van der Waals surface area contributed by atoms with Crippen LogP contribution >= 0.6 is 11.6 Å². The summed E-state index contributed by atoms with van der Waals surface area (Å²) in [5, 5.41) is 8.72. The summed E-state index contributed by atoms with van der Waals surface area (Å²) in [4.78, 5) is 15.6. The van der Waals surface area contributed by atoms with E-state index in [2.05, 4.69) is 15.2 Å². The summed E-state index contributed by atoms with van der Waals surface area (Å²) in [5.41, 5.74) is 7.61. The second-order valence-corrected chi connectivity index (χ2v) is 4.53. The topological polar surface area (TPSA) is 81.8 Å². The Bertz CT molecular complexity index is 814. The first-order chi connectivity index (χ1) is 9.66. The Hall–Kier alpha value is -2.53. The lowest BCUT2D eigenvalue weighted by atomic mass is 10.1. The summed E-state index contributed by atoms with van der Waals surface area (Å²) in [6.45, 7) is 0. The van der Waals surface area contributed by atoms with Crippen LogP contribution in [0.1, 0.15) is 10.4 Å². The van der Waals surface area contributed by atoms with Crippen molar-refractivity contribution in [3.05, 3.63) is 53.3 Å². The third kappa shape index (κ3) is 2.08. The van der Waals surface area contributed by atoms with E-state index in [1.165, 1.54) is 0 Å². The normalized spacial score (nSPS) is 10.7. The molecule has 5 nitrogen and oxygen atoms in total. The summed E-state index contributed by atoms with van der Waals surface area (Å²) in [5.74, 6) is -0.635. The van der Waals surface area contributed by atoms with Crippen molar-refractivity contribution in [2.24, 2.45) is 5.73 Å². The minimum Gasteiger partial charge on any atom is -0.366 e. The molecule has 2 N–H and O–H groups in total. The Balaban J connectivity index is 2.26. The van der Waals surface area contributed by atoms with Gasteiger partial charge in [-0.25, -0.2) is 0 Å². The molecule has 98 valence electrons. The van der Waals surface area contributed by atoms with Crippen LogP contribution in [0.25, 0.3) is 22.2 Å². The minimum atomic E-state index is -0.635. The van der Waals surface area contributed by atoms with Gasteiger partial charge in [0.2, 0.25) is 0 Å². The van der Waals surface area contributed by atoms with E-state index >= 15 is 0 Å². The van der Waals surface area contributed by atoms with Crippen LogP contribution in [-0.2, 0) is 0 Å². The number of carbonyl (C=O) groups is 1. The highest BCUT2D eigenvalue weighted by Crippen LogP contribution is 2.27. The van der Waals surface area contributed by atoms with Crippen LogP contribution in [0.4, 0.5) is 0 Å². The molecule has 1 amide bonds. The fourth-order valence-electron chi connectivity index (χ4n) is 2.00. The number of fused-ring (bicyclic) bond motifs is 1. The van der Waals surface area contributed by atoms with Crippen LogP contribution < -0.4 is 5.73 Å². The molecule has 0 bridgehead atoms. The summed E-state index contributed by atoms with van der Waals surface area (Å²) in [6, 6.07) is 11.0. The van der Waals surface area contributed by atoms with Crippen molar-refractivity contribution in [1.29, 1.82) is 0 Å². The number of hydrogen-bond donors (Lipinski definition) is 1. The number of rotatable bonds is 2. The van der Waals surface area contributed by atoms with Gasteiger partial charge in [-0.05, 0) is 18.2 Å². The van der Waals surface area contributed by atoms with Crippen LogP contribution in [-0.4, -0.2) is 21.1 Å². The van der Waals surface area contributed by atoms with E-state index in [0.29, 0.717) is 5.69 Å². The Labute approximate surface area is 119 Å². The van der Waals surface area contributed by atoms with Crippen molar-refractivity contribution in [2.45, 2.75) is 0 Å². The molecule has 0 unspecified atom stereocenters. The number of benzene rings is 1. The molecule has 6 heteroatoms. The predicted molar refractivity (Wildman–Crippen MR) is 76.3 cm³/mol. The highest BCUT2D eigenvalue weighted by Gasteiger charge is 2.13. The first kappa shape index (κ1) is 12.5. The highest BCUT2D eigenvalue weighted by atomic mass is 35.5. The molecule has 2 heterocycles. The number of pyridine rings is 1. The van der Waals surface area contributed by atoms with E-state index in [1.807, 2.05) is 30.3 Å². The third-order valence-electron chi connectivity index (χ3n) is 2.94. The molecule has 20 heavy (non-hydrogen) atoms. The molecule has 3 aromatic rings. The Morgan fingerprint density at radius 1 is 1.15 bits per heavy atom. The number of halogens is 1. The zero-order chi connectivity index (χ0) is 14.1. The Kier molecular flexibility index (Phi) is 3.04. The summed E-state index contributed by atoms with van der Waals surface area (Å²) in [6.07, 6.45) is 1.68. The van der Waals surface area contributed by atoms with Gasteiger partial charge in [0, 0.05) is 17.1 Å². The number of primary amides is 1. The van der Waals surface area contributed by atoms with Crippen molar-refractivity contribution in [2.75, 3.05) is 0 Å². The lowest BCUT2D eigenvalue weighted by Gasteiger charge is -2.06. The fourth-order valence-corrected chi connectivity index (χ4v) is 2.19. The molecule has 3 rings (SSSR count). The molecule has 0 atom stereocenters. The Morgan fingerprint density at radius 3 is 2.75 bits per heavy atom. The molecule has 0 spiro atoms. The van der Waals surface area contributed by atoms with Crippen LogP contribution in [0.3, 0.4) is 0 Å². The van der Waals surface area contributed by atoms with E-state index in [0.717, 1.165) is 16.5 Å². The average Bonchev–Trinajstić information content (AvgIpc) is 2.47. The summed E-state index contributed by atoms with van der Waals surface area (Å²) in [7, 11) is 0. The summed E-state index contributed by atoms with van der Waals surface area (Å²) < 4.78 is 0. The van der Waals surface area contributed by atoms with Gasteiger partial charge in [-0.15, -0.1) is 10.2 Å². The molecule has 0 saturated carbocycles. The number of nitrogens with zero attached hydrogens (tertiary/aromatic N) is 3. The van der Waals surface area contributed by atoms with Crippen LogP contribution in [0, 0.1) is 0 Å². The van der Waals surface area contributed by atoms with Gasteiger partial charge >= 0.3 is 0 Å². The van der Waals surface area contributed by atoms with E-state index in [9.17, 15) is 4.79 Å². The number of nitrogens with two attached hydrogens (primary N) is 1. The highest BCUT2D eigenvalue weighted by molar-refractivity contribution is 6.32. The molecule has 0 aliphatic rings. The SMILES string of the molecule is NC(=O)c1cc(-c2ccnc3ccccc23)nnc1Cl. The predicted octanol–water partition coefficient (Wildman–Crippen LogP) is 2.44. The maximum absolute atomic E-state index is 11.3. The van der Waals surface area contributed by atoms with Crippen LogP contribution in [0.2, 0.25) is 5.15 Å². The largest absolute Gasteiger partial charge is 0.366 e. The zero-order valence-corrected chi connectivity index (χ0v) is 11.0. The number of carbonyl (C=O) groups excluding carboxylic acids is 1. The minimum absolute atomic E-state index is 0.000360. The zero-order valence-electron chi connectivity index (χ0n) is 10.2. The van der Waals surface area contributed by atoms with Crippen molar-refractivity contribution in [3.63, 3.8) is 0 Å². The maximum atomic E-state index is 11.3. The van der Waals surface area contributed by atoms with E-state index in [4.69, 9.17) is 17.3 Å². The summed E-state index contributed by atoms with van der Waals surface area (Å²) >= 11 is 5.81. The molecule has 0 saturated heterocycles. The molecular weight excluding hydrogens is 276 g/mol. The second-order valence-electron chi connectivity index (χ2n) is 4.17. The van der Waals surface area contributed by atoms with Crippen molar-refractivity contribution in [1.82, 2.24) is 15.2 Å². The fraction of sp³-hybridized carbons (Fsp3) is 0. The molecular formula is C14H9ClN4O. The second kappa shape index (κ2) is 4.86. The maximum Gasteiger partial charge on any atom is 0.251 e. The monoisotopic (exact) mass is 284 g/mol. The van der Waals surface area contributed by atoms with Gasteiger partial charge in [-0.1, -0.05) is 29.8 Å². The van der Waals surface area contributed by atoms with E-state index < -0.39 is 5.91 Å². The van der Waals surface area contributed by atoms with E-state index in [1.54, 1.807) is 12.3 Å². The van der Waals surface area contributed by atoms with Crippen LogP contribution in [0.5, 0.6) is 0 Å². The number of hydrogen-bond acceptors (Lipinski definition) is 4. The van der Waals surface area contributed by atoms with Crippen molar-refractivity contribution in [3.8, 4) is 11.3 Å². The quantitative estimate of drug-likeness (QED) is 0.783. The first-order valence-electron chi connectivity index (χ1n) is 5.84. The lowest BCUT2D eigenvalue weighted by molar-refractivity contribution is 0.1000. The smallest absolute Gasteiger partial charge is 0.251 e. The molecule has 0 fully saturated rings. The molecule has 0 aliphatic heterocycles. The molecule has 2 aromatic heterocycles.